The number of ether oxygens (including phenoxy) is 2. The molecule has 0 bridgehead atoms. The van der Waals surface area contributed by atoms with Gasteiger partial charge in [-0.15, -0.1) is 0 Å². The number of carbonyl (C=O) groups is 2. The normalized spacial score (nSPS) is 14.4. The molecule has 0 aromatic heterocycles. The SMILES string of the molecule is CCOc1cc(/C=C2/NC(=O)N(Cc3cccc(C)c3)C2=O)cc(I)c1OCc1ccc(C)cc1. The van der Waals surface area contributed by atoms with E-state index in [4.69, 9.17) is 9.47 Å². The fourth-order valence-electron chi connectivity index (χ4n) is 3.79. The Kier molecular flexibility index (Phi) is 7.75. The molecule has 1 fully saturated rings. The molecule has 1 aliphatic rings. The van der Waals surface area contributed by atoms with Gasteiger partial charge in [0.05, 0.1) is 16.7 Å². The second-order valence-electron chi connectivity index (χ2n) is 8.41. The largest absolute Gasteiger partial charge is 0.490 e. The molecule has 1 saturated heterocycles. The number of hydrogen-bond donors (Lipinski definition) is 1. The van der Waals surface area contributed by atoms with E-state index in [9.17, 15) is 9.59 Å². The van der Waals surface area contributed by atoms with E-state index in [1.165, 1.54) is 10.5 Å². The van der Waals surface area contributed by atoms with E-state index in [0.717, 1.165) is 25.8 Å². The fourth-order valence-corrected chi connectivity index (χ4v) is 4.57. The molecule has 3 amide bonds. The topological polar surface area (TPSA) is 67.9 Å². The van der Waals surface area contributed by atoms with Crippen LogP contribution in [-0.4, -0.2) is 23.4 Å². The van der Waals surface area contributed by atoms with Gasteiger partial charge in [0.15, 0.2) is 11.5 Å². The molecular formula is C28H27IN2O4. The first kappa shape index (κ1) is 24.8. The fraction of sp³-hybridized carbons (Fsp3) is 0.214. The van der Waals surface area contributed by atoms with Gasteiger partial charge in [-0.2, -0.15) is 0 Å². The molecule has 180 valence electrons. The van der Waals surface area contributed by atoms with Gasteiger partial charge in [0.25, 0.3) is 5.91 Å². The minimum absolute atomic E-state index is 0.219. The highest BCUT2D eigenvalue weighted by atomic mass is 127. The molecule has 7 heteroatoms. The van der Waals surface area contributed by atoms with Gasteiger partial charge in [0.2, 0.25) is 0 Å². The van der Waals surface area contributed by atoms with Crippen molar-refractivity contribution in [2.24, 2.45) is 0 Å². The van der Waals surface area contributed by atoms with E-state index in [-0.39, 0.29) is 18.1 Å². The number of imide groups is 1. The Morgan fingerprint density at radius 1 is 0.943 bits per heavy atom. The third-order valence-electron chi connectivity index (χ3n) is 5.53. The number of hydrogen-bond acceptors (Lipinski definition) is 4. The number of carbonyl (C=O) groups excluding carboxylic acids is 2. The lowest BCUT2D eigenvalue weighted by molar-refractivity contribution is -0.123. The number of urea groups is 1. The van der Waals surface area contributed by atoms with Crippen molar-refractivity contribution in [2.75, 3.05) is 6.61 Å². The first-order chi connectivity index (χ1) is 16.8. The zero-order valence-electron chi connectivity index (χ0n) is 19.9. The van der Waals surface area contributed by atoms with Gasteiger partial charge in [0, 0.05) is 0 Å². The predicted octanol–water partition coefficient (Wildman–Crippen LogP) is 5.98. The third kappa shape index (κ3) is 6.03. The summed E-state index contributed by atoms with van der Waals surface area (Å²) >= 11 is 2.20. The van der Waals surface area contributed by atoms with Crippen LogP contribution in [0.1, 0.15) is 34.7 Å². The first-order valence-electron chi connectivity index (χ1n) is 11.4. The summed E-state index contributed by atoms with van der Waals surface area (Å²) in [4.78, 5) is 26.7. The molecule has 35 heavy (non-hydrogen) atoms. The smallest absolute Gasteiger partial charge is 0.329 e. The summed E-state index contributed by atoms with van der Waals surface area (Å²) in [5, 5.41) is 2.70. The lowest BCUT2D eigenvalue weighted by atomic mass is 10.1. The van der Waals surface area contributed by atoms with Crippen LogP contribution < -0.4 is 14.8 Å². The second-order valence-corrected chi connectivity index (χ2v) is 9.57. The Morgan fingerprint density at radius 3 is 2.43 bits per heavy atom. The van der Waals surface area contributed by atoms with Crippen LogP contribution in [0.15, 0.2) is 66.4 Å². The number of rotatable bonds is 8. The van der Waals surface area contributed by atoms with Gasteiger partial charge in [-0.1, -0.05) is 59.7 Å². The van der Waals surface area contributed by atoms with Crippen LogP contribution in [0, 0.1) is 17.4 Å². The van der Waals surface area contributed by atoms with Crippen LogP contribution in [-0.2, 0) is 17.9 Å². The van der Waals surface area contributed by atoms with Crippen molar-refractivity contribution < 1.29 is 19.1 Å². The van der Waals surface area contributed by atoms with Crippen molar-refractivity contribution in [2.45, 2.75) is 33.9 Å². The van der Waals surface area contributed by atoms with Crippen LogP contribution in [0.25, 0.3) is 6.08 Å². The monoisotopic (exact) mass is 582 g/mol. The molecule has 1 aliphatic heterocycles. The third-order valence-corrected chi connectivity index (χ3v) is 6.33. The van der Waals surface area contributed by atoms with Gasteiger partial charge >= 0.3 is 6.03 Å². The Hall–Kier alpha value is -3.33. The van der Waals surface area contributed by atoms with Gasteiger partial charge in [0.1, 0.15) is 12.3 Å². The molecule has 3 aromatic rings. The molecule has 1 N–H and O–H groups in total. The maximum Gasteiger partial charge on any atom is 0.329 e. The van der Waals surface area contributed by atoms with Crippen molar-refractivity contribution >= 4 is 40.6 Å². The van der Waals surface area contributed by atoms with Gasteiger partial charge in [-0.25, -0.2) is 4.79 Å². The van der Waals surface area contributed by atoms with Crippen molar-refractivity contribution in [3.63, 3.8) is 0 Å². The van der Waals surface area contributed by atoms with Crippen LogP contribution in [0.2, 0.25) is 0 Å². The molecular weight excluding hydrogens is 555 g/mol. The van der Waals surface area contributed by atoms with Crippen molar-refractivity contribution in [3.8, 4) is 11.5 Å². The van der Waals surface area contributed by atoms with Crippen molar-refractivity contribution in [1.29, 1.82) is 0 Å². The zero-order valence-corrected chi connectivity index (χ0v) is 22.1. The lowest BCUT2D eigenvalue weighted by Gasteiger charge is -2.15. The van der Waals surface area contributed by atoms with Crippen molar-refractivity contribution in [3.05, 3.63) is 97.7 Å². The average molecular weight is 582 g/mol. The van der Waals surface area contributed by atoms with E-state index in [1.54, 1.807) is 6.08 Å². The summed E-state index contributed by atoms with van der Waals surface area (Å²) in [6, 6.07) is 19.3. The van der Waals surface area contributed by atoms with Crippen LogP contribution in [0.3, 0.4) is 0 Å². The van der Waals surface area contributed by atoms with Crippen LogP contribution >= 0.6 is 22.6 Å². The maximum absolute atomic E-state index is 13.0. The van der Waals surface area contributed by atoms with E-state index >= 15 is 0 Å². The summed E-state index contributed by atoms with van der Waals surface area (Å²) in [5.74, 6) is 0.883. The Balaban J connectivity index is 1.55. The van der Waals surface area contributed by atoms with E-state index in [2.05, 4.69) is 40.0 Å². The number of nitrogens with one attached hydrogen (secondary N) is 1. The molecule has 3 aromatic carbocycles. The highest BCUT2D eigenvalue weighted by Crippen LogP contribution is 2.36. The first-order valence-corrected chi connectivity index (χ1v) is 12.5. The van der Waals surface area contributed by atoms with Crippen LogP contribution in [0.5, 0.6) is 11.5 Å². The Morgan fingerprint density at radius 2 is 1.71 bits per heavy atom. The molecule has 0 saturated carbocycles. The maximum atomic E-state index is 13.0. The Bertz CT molecular complexity index is 1280. The van der Waals surface area contributed by atoms with E-state index < -0.39 is 6.03 Å². The quantitative estimate of drug-likeness (QED) is 0.202. The van der Waals surface area contributed by atoms with E-state index in [1.807, 2.05) is 69.3 Å². The zero-order chi connectivity index (χ0) is 24.9. The number of nitrogens with zero attached hydrogens (tertiary/aromatic N) is 1. The summed E-state index contributed by atoms with van der Waals surface area (Å²) in [6.45, 7) is 7.04. The van der Waals surface area contributed by atoms with Gasteiger partial charge in [-0.3, -0.25) is 9.69 Å². The summed E-state index contributed by atoms with van der Waals surface area (Å²) < 4.78 is 12.8. The Labute approximate surface area is 219 Å². The molecule has 0 unspecified atom stereocenters. The molecule has 1 heterocycles. The highest BCUT2D eigenvalue weighted by Gasteiger charge is 2.33. The number of amides is 3. The number of benzene rings is 3. The standard InChI is InChI=1S/C28H27IN2O4/c1-4-34-25-15-22(13-23(29)26(25)35-17-20-10-8-18(2)9-11-20)14-24-27(32)31(28(33)30-24)16-21-7-5-6-19(3)12-21/h5-15H,4,16-17H2,1-3H3,(H,30,33)/b24-14+. The average Bonchev–Trinajstić information content (AvgIpc) is 3.07. The number of aryl methyl sites for hydroxylation is 2. The van der Waals surface area contributed by atoms with E-state index in [0.29, 0.717) is 24.7 Å². The minimum atomic E-state index is -0.430. The molecule has 0 spiro atoms. The lowest BCUT2D eigenvalue weighted by Crippen LogP contribution is -2.30. The predicted molar refractivity (Wildman–Crippen MR) is 144 cm³/mol. The molecule has 0 aliphatic carbocycles. The summed E-state index contributed by atoms with van der Waals surface area (Å²) in [5.41, 5.74) is 5.21. The summed E-state index contributed by atoms with van der Waals surface area (Å²) in [7, 11) is 0. The molecule has 0 radical (unpaired) electrons. The minimum Gasteiger partial charge on any atom is -0.490 e. The van der Waals surface area contributed by atoms with Crippen LogP contribution in [0.4, 0.5) is 4.79 Å². The number of halogens is 1. The summed E-state index contributed by atoms with van der Waals surface area (Å²) in [6.07, 6.45) is 1.67. The second kappa shape index (κ2) is 10.9. The molecule has 4 rings (SSSR count). The molecule has 0 atom stereocenters. The highest BCUT2D eigenvalue weighted by molar-refractivity contribution is 14.1. The van der Waals surface area contributed by atoms with Crippen molar-refractivity contribution in [1.82, 2.24) is 10.2 Å². The van der Waals surface area contributed by atoms with Gasteiger partial charge < -0.3 is 14.8 Å². The molecule has 6 nitrogen and oxygen atoms in total. The van der Waals surface area contributed by atoms with Gasteiger partial charge in [-0.05, 0) is 78.3 Å².